The molecule has 0 aliphatic carbocycles. The topological polar surface area (TPSA) is 80.6 Å². The van der Waals surface area contributed by atoms with E-state index in [0.29, 0.717) is 41.7 Å². The van der Waals surface area contributed by atoms with Crippen molar-refractivity contribution in [2.24, 2.45) is 0 Å². The van der Waals surface area contributed by atoms with Gasteiger partial charge in [-0.3, -0.25) is 4.79 Å². The standard InChI is InChI=1S/C16H19ClN2O4/c1-21-6-4-5-19-16(20)12(10-18)7-11-8-13(17)15(23-3)14(9-11)22-2/h7-9H,4-6H2,1-3H3,(H,19,20)/b12-7+. The summed E-state index contributed by atoms with van der Waals surface area (Å²) in [5.41, 5.74) is 0.543. The first-order valence-corrected chi connectivity index (χ1v) is 7.25. The summed E-state index contributed by atoms with van der Waals surface area (Å²) < 4.78 is 15.2. The molecule has 1 rings (SSSR count). The van der Waals surface area contributed by atoms with Crippen molar-refractivity contribution in [1.29, 1.82) is 5.26 Å². The van der Waals surface area contributed by atoms with Gasteiger partial charge in [0.15, 0.2) is 11.5 Å². The number of ether oxygens (including phenoxy) is 3. The maximum Gasteiger partial charge on any atom is 0.261 e. The van der Waals surface area contributed by atoms with Gasteiger partial charge < -0.3 is 19.5 Å². The van der Waals surface area contributed by atoms with Gasteiger partial charge in [0.1, 0.15) is 11.6 Å². The minimum atomic E-state index is -0.450. The van der Waals surface area contributed by atoms with Crippen LogP contribution in [0.1, 0.15) is 12.0 Å². The third kappa shape index (κ3) is 5.47. The Hall–Kier alpha value is -2.23. The van der Waals surface area contributed by atoms with Crippen molar-refractivity contribution < 1.29 is 19.0 Å². The molecule has 0 saturated heterocycles. The molecule has 7 heteroatoms. The second-order valence-corrected chi connectivity index (χ2v) is 4.92. The number of carbonyl (C=O) groups is 1. The van der Waals surface area contributed by atoms with Crippen LogP contribution < -0.4 is 14.8 Å². The predicted molar refractivity (Wildman–Crippen MR) is 87.6 cm³/mol. The van der Waals surface area contributed by atoms with Gasteiger partial charge in [0.25, 0.3) is 5.91 Å². The van der Waals surface area contributed by atoms with E-state index < -0.39 is 5.91 Å². The molecule has 0 radical (unpaired) electrons. The summed E-state index contributed by atoms with van der Waals surface area (Å²) in [7, 11) is 4.55. The monoisotopic (exact) mass is 338 g/mol. The Morgan fingerprint density at radius 2 is 2.09 bits per heavy atom. The van der Waals surface area contributed by atoms with Gasteiger partial charge >= 0.3 is 0 Å². The largest absolute Gasteiger partial charge is 0.493 e. The lowest BCUT2D eigenvalue weighted by Gasteiger charge is -2.10. The quantitative estimate of drug-likeness (QED) is 0.447. The van der Waals surface area contributed by atoms with Crippen molar-refractivity contribution in [3.8, 4) is 17.6 Å². The highest BCUT2D eigenvalue weighted by Crippen LogP contribution is 2.36. The summed E-state index contributed by atoms with van der Waals surface area (Å²) in [6, 6.07) is 5.11. The molecule has 6 nitrogen and oxygen atoms in total. The molecule has 0 spiro atoms. The van der Waals surface area contributed by atoms with Crippen LogP contribution >= 0.6 is 11.6 Å². The smallest absolute Gasteiger partial charge is 0.261 e. The molecule has 0 aliphatic heterocycles. The number of hydrogen-bond donors (Lipinski definition) is 1. The normalized spacial score (nSPS) is 10.8. The summed E-state index contributed by atoms with van der Waals surface area (Å²) in [6.45, 7) is 0.968. The highest BCUT2D eigenvalue weighted by molar-refractivity contribution is 6.32. The van der Waals surface area contributed by atoms with E-state index in [-0.39, 0.29) is 5.57 Å². The number of nitriles is 1. The molecule has 0 atom stereocenters. The summed E-state index contributed by atoms with van der Waals surface area (Å²) in [4.78, 5) is 12.0. The molecule has 0 bridgehead atoms. The maximum atomic E-state index is 12.0. The Morgan fingerprint density at radius 3 is 2.65 bits per heavy atom. The van der Waals surface area contributed by atoms with Gasteiger partial charge in [0.05, 0.1) is 19.2 Å². The SMILES string of the molecule is COCCCNC(=O)/C(C#N)=C/c1cc(Cl)c(OC)c(OC)c1. The van der Waals surface area contributed by atoms with Crippen molar-refractivity contribution in [1.82, 2.24) is 5.32 Å². The highest BCUT2D eigenvalue weighted by atomic mass is 35.5. The average molecular weight is 339 g/mol. The lowest BCUT2D eigenvalue weighted by molar-refractivity contribution is -0.117. The Balaban J connectivity index is 2.96. The summed E-state index contributed by atoms with van der Waals surface area (Å²) in [5.74, 6) is 0.368. The molecule has 1 aromatic rings. The fraction of sp³-hybridized carbons (Fsp3) is 0.375. The first-order chi connectivity index (χ1) is 11.1. The Kier molecular flexibility index (Phi) is 7.95. The van der Waals surface area contributed by atoms with Crippen LogP contribution in [0, 0.1) is 11.3 Å². The Morgan fingerprint density at radius 1 is 1.35 bits per heavy atom. The molecule has 0 unspecified atom stereocenters. The van der Waals surface area contributed by atoms with E-state index in [1.54, 1.807) is 19.2 Å². The van der Waals surface area contributed by atoms with Crippen LogP contribution in [0.4, 0.5) is 0 Å². The summed E-state index contributed by atoms with van der Waals surface area (Å²) in [5, 5.41) is 12.1. The molecule has 1 N–H and O–H groups in total. The minimum absolute atomic E-state index is 0.0225. The van der Waals surface area contributed by atoms with Gasteiger partial charge in [-0.05, 0) is 30.2 Å². The summed E-state index contributed by atoms with van der Waals surface area (Å²) >= 11 is 6.11. The van der Waals surface area contributed by atoms with E-state index in [1.807, 2.05) is 6.07 Å². The third-order valence-corrected chi connectivity index (χ3v) is 3.22. The lowest BCUT2D eigenvalue weighted by atomic mass is 10.1. The molecule has 124 valence electrons. The number of rotatable bonds is 8. The molecule has 0 aromatic heterocycles. The highest BCUT2D eigenvalue weighted by Gasteiger charge is 2.13. The number of methoxy groups -OCH3 is 3. The predicted octanol–water partition coefficient (Wildman–Crippen LogP) is 2.42. The van der Waals surface area contributed by atoms with Crippen molar-refractivity contribution in [2.45, 2.75) is 6.42 Å². The van der Waals surface area contributed by atoms with Crippen LogP contribution in [0.2, 0.25) is 5.02 Å². The van der Waals surface area contributed by atoms with Gasteiger partial charge in [-0.15, -0.1) is 0 Å². The Bertz CT molecular complexity index is 623. The van der Waals surface area contributed by atoms with Crippen molar-refractivity contribution in [2.75, 3.05) is 34.5 Å². The van der Waals surface area contributed by atoms with E-state index >= 15 is 0 Å². The minimum Gasteiger partial charge on any atom is -0.493 e. The molecular formula is C16H19ClN2O4. The van der Waals surface area contributed by atoms with Crippen LogP contribution in [0.15, 0.2) is 17.7 Å². The molecule has 0 heterocycles. The van der Waals surface area contributed by atoms with E-state index in [4.69, 9.17) is 31.1 Å². The third-order valence-electron chi connectivity index (χ3n) is 2.94. The van der Waals surface area contributed by atoms with Gasteiger partial charge in [-0.2, -0.15) is 5.26 Å². The van der Waals surface area contributed by atoms with Crippen LogP contribution in [0.25, 0.3) is 6.08 Å². The average Bonchev–Trinajstić information content (AvgIpc) is 2.55. The second kappa shape index (κ2) is 9.72. The second-order valence-electron chi connectivity index (χ2n) is 4.51. The number of hydrogen-bond acceptors (Lipinski definition) is 5. The number of nitrogens with zero attached hydrogens (tertiary/aromatic N) is 1. The van der Waals surface area contributed by atoms with Gasteiger partial charge in [0, 0.05) is 20.3 Å². The first-order valence-electron chi connectivity index (χ1n) is 6.87. The molecule has 1 aromatic carbocycles. The van der Waals surface area contributed by atoms with Crippen molar-refractivity contribution in [3.05, 3.63) is 28.3 Å². The zero-order valence-electron chi connectivity index (χ0n) is 13.3. The van der Waals surface area contributed by atoms with E-state index in [1.165, 1.54) is 20.3 Å². The van der Waals surface area contributed by atoms with Gasteiger partial charge in [-0.25, -0.2) is 0 Å². The molecule has 0 aliphatic rings. The van der Waals surface area contributed by atoms with Crippen molar-refractivity contribution in [3.63, 3.8) is 0 Å². The van der Waals surface area contributed by atoms with E-state index in [9.17, 15) is 4.79 Å². The van der Waals surface area contributed by atoms with Gasteiger partial charge in [0.2, 0.25) is 0 Å². The van der Waals surface area contributed by atoms with Gasteiger partial charge in [-0.1, -0.05) is 11.6 Å². The molecule has 0 fully saturated rings. The van der Waals surface area contributed by atoms with Crippen LogP contribution in [0.5, 0.6) is 11.5 Å². The maximum absolute atomic E-state index is 12.0. The van der Waals surface area contributed by atoms with Crippen LogP contribution in [0.3, 0.4) is 0 Å². The lowest BCUT2D eigenvalue weighted by Crippen LogP contribution is -2.26. The first kappa shape index (κ1) is 18.8. The number of amides is 1. The van der Waals surface area contributed by atoms with Crippen molar-refractivity contribution >= 4 is 23.6 Å². The summed E-state index contributed by atoms with van der Waals surface area (Å²) in [6.07, 6.45) is 2.11. The Labute approximate surface area is 140 Å². The zero-order valence-corrected chi connectivity index (χ0v) is 14.1. The fourth-order valence-corrected chi connectivity index (χ4v) is 2.15. The number of nitrogens with one attached hydrogen (secondary N) is 1. The van der Waals surface area contributed by atoms with Crippen LogP contribution in [-0.2, 0) is 9.53 Å². The molecule has 0 saturated carbocycles. The number of carbonyl (C=O) groups excluding carboxylic acids is 1. The molecular weight excluding hydrogens is 320 g/mol. The molecule has 1 amide bonds. The number of halogens is 1. The van der Waals surface area contributed by atoms with E-state index in [2.05, 4.69) is 5.32 Å². The van der Waals surface area contributed by atoms with Crippen LogP contribution in [-0.4, -0.2) is 40.4 Å². The molecule has 23 heavy (non-hydrogen) atoms. The number of benzene rings is 1. The zero-order chi connectivity index (χ0) is 17.2. The fourth-order valence-electron chi connectivity index (χ4n) is 1.85. The van der Waals surface area contributed by atoms with E-state index in [0.717, 1.165) is 0 Å².